The Bertz CT molecular complexity index is 559. The van der Waals surface area contributed by atoms with Gasteiger partial charge in [-0.1, -0.05) is 0 Å². The molecular formula is C18H24F6N4O. The predicted octanol–water partition coefficient (Wildman–Crippen LogP) is 3.34. The van der Waals surface area contributed by atoms with Gasteiger partial charge in [-0.05, 0) is 38.8 Å². The number of halogens is 6. The summed E-state index contributed by atoms with van der Waals surface area (Å²) in [7, 11) is 0. The van der Waals surface area contributed by atoms with Crippen molar-refractivity contribution in [1.29, 1.82) is 10.5 Å². The van der Waals surface area contributed by atoms with E-state index < -0.39 is 49.5 Å². The van der Waals surface area contributed by atoms with Crippen LogP contribution in [0.2, 0.25) is 0 Å². The summed E-state index contributed by atoms with van der Waals surface area (Å²) in [6.45, 7) is -0.760. The number of alkyl halides is 6. The normalized spacial score (nSPS) is 27.0. The highest BCUT2D eigenvalue weighted by atomic mass is 19.4. The molecule has 0 amide bonds. The van der Waals surface area contributed by atoms with Crippen molar-refractivity contribution < 1.29 is 31.1 Å². The second kappa shape index (κ2) is 9.96. The Morgan fingerprint density at radius 3 is 1.48 bits per heavy atom. The SMILES string of the molecule is N#CC1CCCN(CC(OC(CN2CCCC(C#N)C2)C(F)(F)F)C(F)(F)F)C1. The van der Waals surface area contributed by atoms with Crippen molar-refractivity contribution in [2.24, 2.45) is 11.8 Å². The van der Waals surface area contributed by atoms with Gasteiger partial charge in [0.2, 0.25) is 0 Å². The van der Waals surface area contributed by atoms with Crippen molar-refractivity contribution >= 4 is 0 Å². The van der Waals surface area contributed by atoms with Crippen molar-refractivity contribution in [3.05, 3.63) is 0 Å². The van der Waals surface area contributed by atoms with Crippen LogP contribution in [-0.2, 0) is 4.74 Å². The largest absolute Gasteiger partial charge is 0.415 e. The summed E-state index contributed by atoms with van der Waals surface area (Å²) in [6.07, 6.45) is -13.0. The lowest BCUT2D eigenvalue weighted by molar-refractivity contribution is -0.290. The third-order valence-corrected chi connectivity index (χ3v) is 5.28. The predicted molar refractivity (Wildman–Crippen MR) is 90.3 cm³/mol. The molecule has 11 heteroatoms. The van der Waals surface area contributed by atoms with Crippen molar-refractivity contribution in [2.45, 2.75) is 50.2 Å². The van der Waals surface area contributed by atoms with E-state index in [4.69, 9.17) is 10.5 Å². The minimum absolute atomic E-state index is 0.0824. The molecule has 2 saturated heterocycles. The lowest BCUT2D eigenvalue weighted by Gasteiger charge is -2.37. The van der Waals surface area contributed by atoms with E-state index >= 15 is 0 Å². The number of likely N-dealkylation sites (tertiary alicyclic amines) is 2. The van der Waals surface area contributed by atoms with E-state index in [2.05, 4.69) is 4.74 Å². The van der Waals surface area contributed by atoms with Gasteiger partial charge in [0.05, 0.1) is 24.0 Å². The van der Waals surface area contributed by atoms with Crippen LogP contribution in [0.3, 0.4) is 0 Å². The molecule has 2 fully saturated rings. The van der Waals surface area contributed by atoms with Gasteiger partial charge >= 0.3 is 12.4 Å². The van der Waals surface area contributed by atoms with Crippen LogP contribution in [0.15, 0.2) is 0 Å². The number of rotatable bonds is 6. The first-order valence-electron chi connectivity index (χ1n) is 9.55. The average molecular weight is 426 g/mol. The zero-order valence-corrected chi connectivity index (χ0v) is 15.8. The van der Waals surface area contributed by atoms with Gasteiger partial charge in [0.25, 0.3) is 0 Å². The summed E-state index contributed by atoms with van der Waals surface area (Å²) in [5, 5.41) is 17.9. The second-order valence-corrected chi connectivity index (χ2v) is 7.65. The Kier molecular flexibility index (Phi) is 8.15. The van der Waals surface area contributed by atoms with E-state index in [9.17, 15) is 26.3 Å². The Morgan fingerprint density at radius 1 is 0.793 bits per heavy atom. The monoisotopic (exact) mass is 426 g/mol. The van der Waals surface area contributed by atoms with Crippen LogP contribution >= 0.6 is 0 Å². The summed E-state index contributed by atoms with van der Waals surface area (Å²) >= 11 is 0. The van der Waals surface area contributed by atoms with E-state index in [1.165, 1.54) is 9.80 Å². The van der Waals surface area contributed by atoms with Crippen LogP contribution < -0.4 is 0 Å². The molecule has 2 heterocycles. The van der Waals surface area contributed by atoms with E-state index in [1.54, 1.807) is 0 Å². The number of nitrogens with zero attached hydrogens (tertiary/aromatic N) is 4. The minimum atomic E-state index is -4.97. The van der Waals surface area contributed by atoms with Gasteiger partial charge in [-0.2, -0.15) is 36.9 Å². The molecule has 0 spiro atoms. The maximum atomic E-state index is 13.5. The molecule has 0 bridgehead atoms. The van der Waals surface area contributed by atoms with Crippen molar-refractivity contribution in [3.63, 3.8) is 0 Å². The second-order valence-electron chi connectivity index (χ2n) is 7.65. The number of ether oxygens (including phenoxy) is 1. The number of piperidine rings is 2. The van der Waals surface area contributed by atoms with Crippen LogP contribution in [0.1, 0.15) is 25.7 Å². The summed E-state index contributed by atoms with van der Waals surface area (Å²) < 4.78 is 85.4. The molecule has 5 nitrogen and oxygen atoms in total. The van der Waals surface area contributed by atoms with Crippen LogP contribution in [0.5, 0.6) is 0 Å². The maximum Gasteiger partial charge on any atom is 0.415 e. The van der Waals surface area contributed by atoms with Gasteiger partial charge in [-0.25, -0.2) is 0 Å². The lowest BCUT2D eigenvalue weighted by atomic mass is 9.99. The Labute approximate surface area is 165 Å². The molecule has 2 aliphatic rings. The van der Waals surface area contributed by atoms with E-state index in [0.717, 1.165) is 0 Å². The van der Waals surface area contributed by atoms with E-state index in [1.807, 2.05) is 12.1 Å². The molecule has 0 aliphatic carbocycles. The zero-order valence-electron chi connectivity index (χ0n) is 15.8. The Balaban J connectivity index is 2.08. The molecule has 0 aromatic carbocycles. The van der Waals surface area contributed by atoms with Crippen LogP contribution in [0, 0.1) is 34.5 Å². The Morgan fingerprint density at radius 2 is 1.17 bits per heavy atom. The van der Waals surface area contributed by atoms with Gasteiger partial charge in [0.15, 0.2) is 12.2 Å². The number of hydrogen-bond acceptors (Lipinski definition) is 5. The standard InChI is InChI=1S/C18H24F6N4O/c19-17(20,21)15(11-27-5-1-3-13(7-25)9-27)29-16(18(22,23)24)12-28-6-2-4-14(8-26)10-28/h13-16H,1-6,9-12H2. The zero-order chi connectivity index (χ0) is 21.7. The first kappa shape index (κ1) is 23.7. The summed E-state index contributed by atoms with van der Waals surface area (Å²) in [5.41, 5.74) is 0. The molecule has 0 radical (unpaired) electrons. The molecule has 2 rings (SSSR count). The van der Waals surface area contributed by atoms with Gasteiger partial charge in [0, 0.05) is 26.2 Å². The molecule has 4 unspecified atom stereocenters. The van der Waals surface area contributed by atoms with Gasteiger partial charge in [-0.15, -0.1) is 0 Å². The van der Waals surface area contributed by atoms with Crippen LogP contribution in [0.25, 0.3) is 0 Å². The smallest absolute Gasteiger partial charge is 0.353 e. The number of hydrogen-bond donors (Lipinski definition) is 0. The fourth-order valence-corrected chi connectivity index (χ4v) is 3.77. The first-order valence-corrected chi connectivity index (χ1v) is 9.55. The molecule has 0 N–H and O–H groups in total. The third-order valence-electron chi connectivity index (χ3n) is 5.28. The van der Waals surface area contributed by atoms with Crippen molar-refractivity contribution in [1.82, 2.24) is 9.80 Å². The average Bonchev–Trinajstić information content (AvgIpc) is 2.65. The van der Waals surface area contributed by atoms with Crippen LogP contribution in [0.4, 0.5) is 26.3 Å². The van der Waals surface area contributed by atoms with Gasteiger partial charge in [-0.3, -0.25) is 9.80 Å². The summed E-state index contributed by atoms with van der Waals surface area (Å²) in [6, 6.07) is 4.00. The van der Waals surface area contributed by atoms with E-state index in [-0.39, 0.29) is 26.2 Å². The molecule has 0 saturated carbocycles. The molecule has 4 atom stereocenters. The molecule has 0 aromatic heterocycles. The van der Waals surface area contributed by atoms with Crippen LogP contribution in [-0.4, -0.2) is 73.6 Å². The third kappa shape index (κ3) is 7.32. The molecular weight excluding hydrogens is 402 g/mol. The molecule has 2 aliphatic heterocycles. The fraction of sp³-hybridized carbons (Fsp3) is 0.889. The van der Waals surface area contributed by atoms with E-state index in [0.29, 0.717) is 25.7 Å². The summed E-state index contributed by atoms with van der Waals surface area (Å²) in [5.74, 6) is -0.875. The fourth-order valence-electron chi connectivity index (χ4n) is 3.77. The van der Waals surface area contributed by atoms with Crippen molar-refractivity contribution in [2.75, 3.05) is 39.3 Å². The van der Waals surface area contributed by atoms with Gasteiger partial charge in [0.1, 0.15) is 0 Å². The number of nitriles is 2. The highest BCUT2D eigenvalue weighted by molar-refractivity contribution is 4.91. The topological polar surface area (TPSA) is 63.3 Å². The highest BCUT2D eigenvalue weighted by Gasteiger charge is 2.50. The van der Waals surface area contributed by atoms with Crippen molar-refractivity contribution in [3.8, 4) is 12.1 Å². The highest BCUT2D eigenvalue weighted by Crippen LogP contribution is 2.32. The first-order chi connectivity index (χ1) is 13.5. The van der Waals surface area contributed by atoms with Gasteiger partial charge < -0.3 is 4.74 Å². The molecule has 164 valence electrons. The maximum absolute atomic E-state index is 13.5. The molecule has 29 heavy (non-hydrogen) atoms. The Hall–Kier alpha value is -1.56. The molecule has 0 aromatic rings. The minimum Gasteiger partial charge on any atom is -0.353 e. The quantitative estimate of drug-likeness (QED) is 0.610. The lowest BCUT2D eigenvalue weighted by Crippen LogP contribution is -2.52. The summed E-state index contributed by atoms with van der Waals surface area (Å²) in [4.78, 5) is 2.69.